The number of hydrogen-bond donors (Lipinski definition) is 8. The molecule has 12 nitrogen and oxygen atoms in total. The number of nitrogens with zero attached hydrogens (tertiary/aromatic N) is 4. The maximum Gasteiger partial charge on any atom is 0.194 e. The number of hydrogen-bond acceptors (Lipinski definition) is 11. The smallest absolute Gasteiger partial charge is 0.194 e. The molecule has 16 heteroatoms. The number of amidine groups is 1. The van der Waals surface area contributed by atoms with Crippen LogP contribution in [0.3, 0.4) is 0 Å². The number of guanidine groups is 2. The van der Waals surface area contributed by atoms with Gasteiger partial charge in [0.2, 0.25) is 0 Å². The molecule has 0 aliphatic carbocycles. The number of thiazole rings is 2. The Balaban J connectivity index is 0.000000410. The SMILES string of the molecule is CCCCN=C(N)Nc1nc(CSCCC(=N)CO)cs1.CCCCN=C(N)Nc1nc(CSCCC(=N)N)cs1. The number of unbranched alkanes of at least 4 members (excludes halogenated alkanes) is 2. The third-order valence-corrected chi connectivity index (χ3v) is 8.51. The van der Waals surface area contributed by atoms with Crippen LogP contribution in [-0.4, -0.2) is 69.7 Å². The van der Waals surface area contributed by atoms with Crippen molar-refractivity contribution in [1.82, 2.24) is 9.97 Å². The summed E-state index contributed by atoms with van der Waals surface area (Å²) in [6.07, 6.45) is 5.52. The van der Waals surface area contributed by atoms with E-state index < -0.39 is 0 Å². The predicted molar refractivity (Wildman–Crippen MR) is 183 cm³/mol. The van der Waals surface area contributed by atoms with Crippen molar-refractivity contribution >= 4 is 79.9 Å². The predicted octanol–water partition coefficient (Wildman–Crippen LogP) is 4.53. The van der Waals surface area contributed by atoms with Crippen LogP contribution in [-0.2, 0) is 11.5 Å². The van der Waals surface area contributed by atoms with E-state index in [4.69, 9.17) is 33.1 Å². The summed E-state index contributed by atoms with van der Waals surface area (Å²) in [5.74, 6) is 4.34. The Bertz CT molecular complexity index is 1070. The highest BCUT2D eigenvalue weighted by atomic mass is 32.2. The molecule has 2 aromatic heterocycles. The highest BCUT2D eigenvalue weighted by Gasteiger charge is 2.05. The second-order valence-electron chi connectivity index (χ2n) is 8.67. The number of anilines is 2. The average molecular weight is 644 g/mol. The number of nitrogens with one attached hydrogen (secondary N) is 4. The summed E-state index contributed by atoms with van der Waals surface area (Å²) < 4.78 is 0. The van der Waals surface area contributed by atoms with Crippen LogP contribution in [0.15, 0.2) is 20.7 Å². The summed E-state index contributed by atoms with van der Waals surface area (Å²) in [5.41, 5.74) is 19.2. The summed E-state index contributed by atoms with van der Waals surface area (Å²) in [6.45, 7) is 5.57. The summed E-state index contributed by atoms with van der Waals surface area (Å²) >= 11 is 6.45. The highest BCUT2D eigenvalue weighted by Crippen LogP contribution is 2.20. The summed E-state index contributed by atoms with van der Waals surface area (Å²) in [5, 5.41) is 34.8. The molecule has 41 heavy (non-hydrogen) atoms. The van der Waals surface area contributed by atoms with Gasteiger partial charge in [0.05, 0.1) is 23.8 Å². The molecule has 11 N–H and O–H groups in total. The van der Waals surface area contributed by atoms with Crippen molar-refractivity contribution in [3.63, 3.8) is 0 Å². The van der Waals surface area contributed by atoms with Crippen molar-refractivity contribution in [2.75, 3.05) is 41.8 Å². The van der Waals surface area contributed by atoms with Gasteiger partial charge in [-0.2, -0.15) is 23.5 Å². The first kappa shape index (κ1) is 36.6. The zero-order valence-electron chi connectivity index (χ0n) is 23.9. The fourth-order valence-corrected chi connectivity index (χ4v) is 6.09. The lowest BCUT2D eigenvalue weighted by Gasteiger charge is -2.01. The standard InChI is InChI=1S/C13H23N5OS2.C12H22N6S2/c1-2-3-5-16-12(15)18-13-17-11(9-21-13)8-20-6-4-10(14)7-19;1-2-3-5-16-11(15)18-12-17-9(8-20-12)7-19-6-4-10(13)14/h9,14,19H,2-8H2,1H3,(H3,15,16,17,18);8H,2-7H2,1H3,(H3,13,14)(H3,15,16,17,18). The number of thioether (sulfide) groups is 2. The third kappa shape index (κ3) is 19.4. The highest BCUT2D eigenvalue weighted by molar-refractivity contribution is 7.98. The minimum Gasteiger partial charge on any atom is -0.390 e. The Morgan fingerprint density at radius 3 is 1.73 bits per heavy atom. The summed E-state index contributed by atoms with van der Waals surface area (Å²) in [6, 6.07) is 0. The number of nitrogens with two attached hydrogens (primary N) is 3. The van der Waals surface area contributed by atoms with Crippen molar-refractivity contribution in [3.05, 3.63) is 22.1 Å². The van der Waals surface area contributed by atoms with Gasteiger partial charge in [0, 0.05) is 53.2 Å². The molecule has 0 amide bonds. The van der Waals surface area contributed by atoms with E-state index in [1.807, 2.05) is 10.8 Å². The van der Waals surface area contributed by atoms with Crippen LogP contribution >= 0.6 is 46.2 Å². The van der Waals surface area contributed by atoms with Crippen LogP contribution in [0, 0.1) is 10.8 Å². The number of aliphatic hydroxyl groups is 1. The average Bonchev–Trinajstić information content (AvgIpc) is 3.58. The Hall–Kier alpha value is -2.40. The van der Waals surface area contributed by atoms with Crippen molar-refractivity contribution in [2.24, 2.45) is 27.2 Å². The molecule has 0 saturated heterocycles. The zero-order valence-corrected chi connectivity index (χ0v) is 27.2. The van der Waals surface area contributed by atoms with Crippen LogP contribution in [0.1, 0.15) is 63.8 Å². The monoisotopic (exact) mass is 643 g/mol. The van der Waals surface area contributed by atoms with Gasteiger partial charge in [-0.25, -0.2) is 9.97 Å². The Morgan fingerprint density at radius 1 is 0.854 bits per heavy atom. The van der Waals surface area contributed by atoms with Crippen LogP contribution in [0.2, 0.25) is 0 Å². The van der Waals surface area contributed by atoms with Crippen LogP contribution in [0.25, 0.3) is 0 Å². The van der Waals surface area contributed by atoms with E-state index in [1.54, 1.807) is 23.5 Å². The molecular formula is C25H45N11OS4. The molecule has 2 aromatic rings. The van der Waals surface area contributed by atoms with Gasteiger partial charge >= 0.3 is 0 Å². The van der Waals surface area contributed by atoms with E-state index in [1.165, 1.54) is 22.7 Å². The fourth-order valence-electron chi connectivity index (χ4n) is 2.68. The van der Waals surface area contributed by atoms with E-state index in [9.17, 15) is 0 Å². The molecule has 0 fully saturated rings. The van der Waals surface area contributed by atoms with Gasteiger partial charge in [0.15, 0.2) is 22.2 Å². The maximum absolute atomic E-state index is 8.74. The molecule has 0 radical (unpaired) electrons. The van der Waals surface area contributed by atoms with E-state index in [0.717, 1.165) is 83.4 Å². The molecule has 0 aliphatic heterocycles. The molecule has 0 saturated carbocycles. The van der Waals surface area contributed by atoms with Crippen LogP contribution in [0.4, 0.5) is 10.3 Å². The van der Waals surface area contributed by atoms with Crippen molar-refractivity contribution in [3.8, 4) is 0 Å². The van der Waals surface area contributed by atoms with E-state index in [-0.39, 0.29) is 12.4 Å². The Morgan fingerprint density at radius 2 is 1.32 bits per heavy atom. The Kier molecular flexibility index (Phi) is 20.7. The van der Waals surface area contributed by atoms with Gasteiger partial charge in [0.1, 0.15) is 0 Å². The summed E-state index contributed by atoms with van der Waals surface area (Å²) in [7, 11) is 0. The number of aromatic nitrogens is 2. The lowest BCUT2D eigenvalue weighted by Crippen LogP contribution is -2.22. The first-order chi connectivity index (χ1) is 19.8. The summed E-state index contributed by atoms with van der Waals surface area (Å²) in [4.78, 5) is 17.3. The van der Waals surface area contributed by atoms with Gasteiger partial charge in [-0.15, -0.1) is 22.7 Å². The van der Waals surface area contributed by atoms with Crippen molar-refractivity contribution in [2.45, 2.75) is 63.9 Å². The third-order valence-electron chi connectivity index (χ3n) is 4.92. The maximum atomic E-state index is 8.74. The number of rotatable bonds is 19. The lowest BCUT2D eigenvalue weighted by molar-refractivity contribution is 0.354. The van der Waals surface area contributed by atoms with E-state index in [2.05, 4.69) is 44.4 Å². The van der Waals surface area contributed by atoms with Crippen molar-refractivity contribution in [1.29, 1.82) is 10.8 Å². The molecular weight excluding hydrogens is 599 g/mol. The second kappa shape index (κ2) is 23.2. The van der Waals surface area contributed by atoms with Gasteiger partial charge in [-0.3, -0.25) is 15.4 Å². The second-order valence-corrected chi connectivity index (χ2v) is 12.6. The molecule has 230 valence electrons. The van der Waals surface area contributed by atoms with Gasteiger partial charge in [-0.05, 0) is 25.0 Å². The quantitative estimate of drug-likeness (QED) is 0.0607. The molecule has 0 bridgehead atoms. The molecule has 0 atom stereocenters. The minimum atomic E-state index is -0.151. The minimum absolute atomic E-state index is 0.151. The topological polar surface area (TPSA) is 221 Å². The molecule has 0 unspecified atom stereocenters. The molecule has 0 aliphatic rings. The van der Waals surface area contributed by atoms with Gasteiger partial charge in [0.25, 0.3) is 0 Å². The number of aliphatic imine (C=N–C) groups is 2. The largest absolute Gasteiger partial charge is 0.390 e. The van der Waals surface area contributed by atoms with Crippen LogP contribution in [0.5, 0.6) is 0 Å². The first-order valence-electron chi connectivity index (χ1n) is 13.5. The molecule has 0 aromatic carbocycles. The molecule has 2 rings (SSSR count). The molecule has 0 spiro atoms. The van der Waals surface area contributed by atoms with Crippen LogP contribution < -0.4 is 27.8 Å². The van der Waals surface area contributed by atoms with Crippen molar-refractivity contribution < 1.29 is 5.11 Å². The first-order valence-corrected chi connectivity index (χ1v) is 17.5. The van der Waals surface area contributed by atoms with Gasteiger partial charge < -0.3 is 38.4 Å². The number of aliphatic hydroxyl groups excluding tert-OH is 1. The fraction of sp³-hybridized carbons (Fsp3) is 0.600. The van der Waals surface area contributed by atoms with E-state index in [0.29, 0.717) is 30.5 Å². The Labute approximate surface area is 259 Å². The zero-order chi connectivity index (χ0) is 30.3. The molecule has 2 heterocycles. The van der Waals surface area contributed by atoms with E-state index >= 15 is 0 Å². The normalized spacial score (nSPS) is 11.6. The lowest BCUT2D eigenvalue weighted by atomic mass is 10.3. The van der Waals surface area contributed by atoms with Gasteiger partial charge in [-0.1, -0.05) is 26.7 Å².